The van der Waals surface area contributed by atoms with E-state index >= 15 is 0 Å². The van der Waals surface area contributed by atoms with Gasteiger partial charge in [-0.05, 0) is 50.2 Å². The smallest absolute Gasteiger partial charge is 0.407 e. The number of halogens is 2. The minimum atomic E-state index is -0.908. The zero-order valence-corrected chi connectivity index (χ0v) is 23.5. The number of aromatic nitrogens is 3. The molecule has 2 amide bonds. The first-order chi connectivity index (χ1) is 18.0. The van der Waals surface area contributed by atoms with Crippen molar-refractivity contribution in [1.29, 1.82) is 0 Å². The highest BCUT2D eigenvalue weighted by molar-refractivity contribution is 6.41. The van der Waals surface area contributed by atoms with E-state index in [1.807, 2.05) is 11.8 Å². The first kappa shape index (κ1) is 28.2. The number of nitrogens with zero attached hydrogens (tertiary/aromatic N) is 6. The van der Waals surface area contributed by atoms with E-state index in [2.05, 4.69) is 30.4 Å². The van der Waals surface area contributed by atoms with Gasteiger partial charge in [0, 0.05) is 44.8 Å². The second-order valence-corrected chi connectivity index (χ2v) is 11.4. The third kappa shape index (κ3) is 5.76. The van der Waals surface area contributed by atoms with Gasteiger partial charge in [0.15, 0.2) is 0 Å². The molecule has 2 aliphatic rings. The summed E-state index contributed by atoms with van der Waals surface area (Å²) in [6.07, 6.45) is 2.43. The van der Waals surface area contributed by atoms with Gasteiger partial charge in [-0.3, -0.25) is 9.36 Å². The molecule has 0 aromatic carbocycles. The van der Waals surface area contributed by atoms with Crippen LogP contribution in [0.15, 0.2) is 23.5 Å². The van der Waals surface area contributed by atoms with Crippen LogP contribution in [0.2, 0.25) is 10.2 Å². The molecule has 1 N–H and O–H groups in total. The number of carbonyl (C=O) groups excluding carboxylic acids is 1. The van der Waals surface area contributed by atoms with E-state index in [9.17, 15) is 19.5 Å². The summed E-state index contributed by atoms with van der Waals surface area (Å²) in [7, 11) is 0. The number of carboxylic acid groups (broad SMARTS) is 1. The number of carbonyl (C=O) groups is 2. The number of piperidine rings is 1. The topological polar surface area (TPSA) is 112 Å². The summed E-state index contributed by atoms with van der Waals surface area (Å²) in [6.45, 7) is 11.9. The van der Waals surface area contributed by atoms with E-state index < -0.39 is 11.8 Å². The van der Waals surface area contributed by atoms with Crippen molar-refractivity contribution in [3.63, 3.8) is 0 Å². The molecular formula is C26H34Cl2N6O4. The van der Waals surface area contributed by atoms with Gasteiger partial charge in [0.25, 0.3) is 0 Å². The number of anilines is 1. The maximum Gasteiger partial charge on any atom is 0.407 e. The first-order valence-corrected chi connectivity index (χ1v) is 13.7. The van der Waals surface area contributed by atoms with Crippen molar-refractivity contribution in [2.75, 3.05) is 31.1 Å². The number of fused-ring (bicyclic) bond motifs is 1. The van der Waals surface area contributed by atoms with Gasteiger partial charge in [0.2, 0.25) is 5.91 Å². The molecule has 0 bridgehead atoms. The molecule has 0 saturated carbocycles. The highest BCUT2D eigenvalue weighted by atomic mass is 35.5. The van der Waals surface area contributed by atoms with Crippen molar-refractivity contribution in [2.24, 2.45) is 11.8 Å². The number of hydrogen-bond donors (Lipinski definition) is 1. The van der Waals surface area contributed by atoms with Crippen LogP contribution >= 0.6 is 23.2 Å². The fourth-order valence-electron chi connectivity index (χ4n) is 5.69. The Kier molecular flexibility index (Phi) is 8.52. The number of piperazine rings is 1. The Hall–Kier alpha value is -2.85. The summed E-state index contributed by atoms with van der Waals surface area (Å²) < 4.78 is 1.54. The minimum Gasteiger partial charge on any atom is -0.465 e. The first-order valence-electron chi connectivity index (χ1n) is 12.9. The van der Waals surface area contributed by atoms with Gasteiger partial charge in [0.05, 0.1) is 10.4 Å². The lowest BCUT2D eigenvalue weighted by Crippen LogP contribution is -2.54. The number of likely N-dealkylation sites (tertiary alicyclic amines) is 1. The molecule has 4 rings (SSSR count). The average Bonchev–Trinajstić information content (AvgIpc) is 2.86. The maximum absolute atomic E-state index is 13.5. The Morgan fingerprint density at radius 2 is 1.97 bits per heavy atom. The molecule has 10 nitrogen and oxygen atoms in total. The molecule has 2 fully saturated rings. The van der Waals surface area contributed by atoms with Crippen LogP contribution in [-0.4, -0.2) is 79.7 Å². The van der Waals surface area contributed by atoms with E-state index in [1.54, 1.807) is 11.0 Å². The van der Waals surface area contributed by atoms with Crippen LogP contribution in [0.4, 0.5) is 10.6 Å². The van der Waals surface area contributed by atoms with Crippen molar-refractivity contribution >= 4 is 52.1 Å². The highest BCUT2D eigenvalue weighted by Crippen LogP contribution is 2.33. The van der Waals surface area contributed by atoms with Crippen molar-refractivity contribution in [2.45, 2.75) is 58.7 Å². The number of pyridine rings is 1. The third-order valence-electron chi connectivity index (χ3n) is 7.48. The summed E-state index contributed by atoms with van der Waals surface area (Å²) in [4.78, 5) is 51.6. The van der Waals surface area contributed by atoms with Crippen LogP contribution in [-0.2, 0) is 11.3 Å². The predicted molar refractivity (Wildman–Crippen MR) is 148 cm³/mol. The summed E-state index contributed by atoms with van der Waals surface area (Å²) >= 11 is 12.7. The molecule has 2 aromatic heterocycles. The van der Waals surface area contributed by atoms with Gasteiger partial charge in [0.1, 0.15) is 16.6 Å². The second-order valence-electron chi connectivity index (χ2n) is 10.6. The number of amides is 2. The van der Waals surface area contributed by atoms with Crippen molar-refractivity contribution < 1.29 is 14.7 Å². The standard InChI is InChI=1S/C26H34Cl2N6O4/c1-5-21(35)31-8-9-32(16(4)13-31)24-19-12-20(27)22(28)29-23(19)34(25(36)30-24)14-17-6-7-33(26(37)38)18(11-17)10-15(2)3/h5,12,15-18H,1,6-11,13-14H2,2-4H3,(H,37,38)/t16-,17?,18?/m0/s1. The largest absolute Gasteiger partial charge is 0.465 e. The number of hydrogen-bond acceptors (Lipinski definition) is 6. The molecule has 2 saturated heterocycles. The van der Waals surface area contributed by atoms with Crippen LogP contribution in [0.25, 0.3) is 11.0 Å². The van der Waals surface area contributed by atoms with Gasteiger partial charge < -0.3 is 19.8 Å². The Morgan fingerprint density at radius 3 is 2.61 bits per heavy atom. The monoisotopic (exact) mass is 564 g/mol. The van der Waals surface area contributed by atoms with Crippen molar-refractivity contribution in [1.82, 2.24) is 24.3 Å². The molecular weight excluding hydrogens is 531 g/mol. The molecule has 2 unspecified atom stereocenters. The summed E-state index contributed by atoms with van der Waals surface area (Å²) in [5.41, 5.74) is -0.0523. The van der Waals surface area contributed by atoms with Gasteiger partial charge >= 0.3 is 11.8 Å². The molecule has 38 heavy (non-hydrogen) atoms. The zero-order valence-electron chi connectivity index (χ0n) is 21.9. The van der Waals surface area contributed by atoms with Crippen LogP contribution in [0, 0.1) is 11.8 Å². The second kappa shape index (κ2) is 11.5. The molecule has 206 valence electrons. The Bertz CT molecular complexity index is 1300. The molecule has 4 heterocycles. The Morgan fingerprint density at radius 1 is 1.24 bits per heavy atom. The number of rotatable bonds is 6. The minimum absolute atomic E-state index is 0.0755. The highest BCUT2D eigenvalue weighted by Gasteiger charge is 2.33. The fourth-order valence-corrected chi connectivity index (χ4v) is 5.98. The molecule has 0 spiro atoms. The Balaban J connectivity index is 1.69. The van der Waals surface area contributed by atoms with Gasteiger partial charge in [-0.1, -0.05) is 43.6 Å². The average molecular weight is 566 g/mol. The maximum atomic E-state index is 13.5. The molecule has 0 radical (unpaired) electrons. The lowest BCUT2D eigenvalue weighted by Gasteiger charge is -2.40. The summed E-state index contributed by atoms with van der Waals surface area (Å²) in [5.74, 6) is 0.748. The van der Waals surface area contributed by atoms with E-state index in [0.717, 1.165) is 6.42 Å². The van der Waals surface area contributed by atoms with E-state index in [1.165, 1.54) is 15.5 Å². The van der Waals surface area contributed by atoms with Gasteiger partial charge in [-0.15, -0.1) is 0 Å². The Labute approximate surface area is 231 Å². The molecule has 2 aromatic rings. The fraction of sp³-hybridized carbons (Fsp3) is 0.577. The van der Waals surface area contributed by atoms with E-state index in [-0.39, 0.29) is 34.1 Å². The predicted octanol–water partition coefficient (Wildman–Crippen LogP) is 4.13. The van der Waals surface area contributed by atoms with Crippen LogP contribution < -0.4 is 10.6 Å². The normalized spacial score (nSPS) is 22.3. The summed E-state index contributed by atoms with van der Waals surface area (Å²) in [6, 6.07) is 1.47. The molecule has 0 aliphatic carbocycles. The van der Waals surface area contributed by atoms with E-state index in [4.69, 9.17) is 23.2 Å². The van der Waals surface area contributed by atoms with Crippen LogP contribution in [0.1, 0.15) is 40.0 Å². The van der Waals surface area contributed by atoms with E-state index in [0.29, 0.717) is 68.3 Å². The van der Waals surface area contributed by atoms with Crippen LogP contribution in [0.3, 0.4) is 0 Å². The molecule has 3 atom stereocenters. The lowest BCUT2D eigenvalue weighted by atomic mass is 9.86. The van der Waals surface area contributed by atoms with Crippen LogP contribution in [0.5, 0.6) is 0 Å². The SMILES string of the molecule is C=CC(=O)N1CCN(c2nc(=O)n(CC3CCN(C(=O)O)C(CC(C)C)C3)c3nc(Cl)c(Cl)cc23)[C@@H](C)C1. The van der Waals surface area contributed by atoms with Crippen molar-refractivity contribution in [3.8, 4) is 0 Å². The molecule has 2 aliphatic heterocycles. The van der Waals surface area contributed by atoms with Gasteiger partial charge in [-0.25, -0.2) is 14.6 Å². The summed E-state index contributed by atoms with van der Waals surface area (Å²) in [5, 5.41) is 10.6. The molecule has 12 heteroatoms. The zero-order chi connectivity index (χ0) is 27.7. The van der Waals surface area contributed by atoms with Gasteiger partial charge in [-0.2, -0.15) is 4.98 Å². The lowest BCUT2D eigenvalue weighted by molar-refractivity contribution is -0.126. The third-order valence-corrected chi connectivity index (χ3v) is 8.16. The quantitative estimate of drug-likeness (QED) is 0.414. The van der Waals surface area contributed by atoms with Crippen molar-refractivity contribution in [3.05, 3.63) is 39.4 Å².